The first-order valence-electron chi connectivity index (χ1n) is 7.74. The molecule has 0 bridgehead atoms. The Morgan fingerprint density at radius 3 is 2.86 bits per heavy atom. The summed E-state index contributed by atoms with van der Waals surface area (Å²) in [5.74, 6) is 0.261. The van der Waals surface area contributed by atoms with Crippen LogP contribution in [0.1, 0.15) is 29.7 Å². The standard InChI is InChI=1S/C16H23N3O2/c1-13-9-14-11-19(12-15(14)10-17-13)16(20)3-2-4-18-5-7-21-8-6-18/h9-10H,2-8,11-12H2,1H3. The Balaban J connectivity index is 1.44. The van der Waals surface area contributed by atoms with Gasteiger partial charge in [-0.15, -0.1) is 0 Å². The van der Waals surface area contributed by atoms with Gasteiger partial charge in [-0.05, 0) is 37.1 Å². The zero-order chi connectivity index (χ0) is 14.7. The van der Waals surface area contributed by atoms with E-state index in [-0.39, 0.29) is 5.91 Å². The van der Waals surface area contributed by atoms with Crippen molar-refractivity contribution < 1.29 is 9.53 Å². The second-order valence-electron chi connectivity index (χ2n) is 5.90. The number of aromatic nitrogens is 1. The van der Waals surface area contributed by atoms with Crippen LogP contribution in [0.2, 0.25) is 0 Å². The lowest BCUT2D eigenvalue weighted by Crippen LogP contribution is -2.37. The molecule has 1 aromatic heterocycles. The Bertz CT molecular complexity index is 512. The summed E-state index contributed by atoms with van der Waals surface area (Å²) in [4.78, 5) is 20.9. The number of aryl methyl sites for hydroxylation is 1. The maximum atomic E-state index is 12.3. The van der Waals surface area contributed by atoms with Gasteiger partial charge in [0.05, 0.1) is 13.2 Å². The molecule has 5 nitrogen and oxygen atoms in total. The van der Waals surface area contributed by atoms with E-state index in [2.05, 4.69) is 16.0 Å². The van der Waals surface area contributed by atoms with Gasteiger partial charge in [0.25, 0.3) is 0 Å². The minimum absolute atomic E-state index is 0.261. The Morgan fingerprint density at radius 1 is 1.29 bits per heavy atom. The summed E-state index contributed by atoms with van der Waals surface area (Å²) in [5.41, 5.74) is 3.47. The Morgan fingerprint density at radius 2 is 2.05 bits per heavy atom. The van der Waals surface area contributed by atoms with Crippen LogP contribution in [-0.2, 0) is 22.6 Å². The fourth-order valence-corrected chi connectivity index (χ4v) is 3.01. The smallest absolute Gasteiger partial charge is 0.223 e. The number of nitrogens with zero attached hydrogens (tertiary/aromatic N) is 3. The minimum atomic E-state index is 0.261. The second-order valence-corrected chi connectivity index (χ2v) is 5.90. The molecule has 21 heavy (non-hydrogen) atoms. The predicted octanol–water partition coefficient (Wildman–Crippen LogP) is 1.34. The highest BCUT2D eigenvalue weighted by atomic mass is 16.5. The van der Waals surface area contributed by atoms with Crippen molar-refractivity contribution in [2.75, 3.05) is 32.8 Å². The van der Waals surface area contributed by atoms with Crippen molar-refractivity contribution in [2.45, 2.75) is 32.9 Å². The average Bonchev–Trinajstić information content (AvgIpc) is 2.91. The zero-order valence-corrected chi connectivity index (χ0v) is 12.7. The molecule has 0 unspecified atom stereocenters. The molecule has 1 aromatic rings. The lowest BCUT2D eigenvalue weighted by atomic mass is 10.2. The van der Waals surface area contributed by atoms with Gasteiger partial charge in [-0.2, -0.15) is 0 Å². The van der Waals surface area contributed by atoms with E-state index in [9.17, 15) is 4.79 Å². The highest BCUT2D eigenvalue weighted by Gasteiger charge is 2.23. The molecule has 0 saturated carbocycles. The fraction of sp³-hybridized carbons (Fsp3) is 0.625. The van der Waals surface area contributed by atoms with Gasteiger partial charge in [-0.1, -0.05) is 0 Å². The van der Waals surface area contributed by atoms with E-state index < -0.39 is 0 Å². The maximum Gasteiger partial charge on any atom is 0.223 e. The molecule has 3 heterocycles. The number of ether oxygens (including phenoxy) is 1. The van der Waals surface area contributed by atoms with E-state index >= 15 is 0 Å². The van der Waals surface area contributed by atoms with Crippen molar-refractivity contribution in [3.63, 3.8) is 0 Å². The highest BCUT2D eigenvalue weighted by Crippen LogP contribution is 2.23. The van der Waals surface area contributed by atoms with Crippen LogP contribution < -0.4 is 0 Å². The molecule has 0 aromatic carbocycles. The van der Waals surface area contributed by atoms with Crippen LogP contribution in [-0.4, -0.2) is 53.5 Å². The molecule has 0 atom stereocenters. The number of hydrogen-bond acceptors (Lipinski definition) is 4. The molecule has 1 amide bonds. The van der Waals surface area contributed by atoms with Crippen LogP contribution in [0.15, 0.2) is 12.3 Å². The third-order valence-electron chi connectivity index (χ3n) is 4.26. The van der Waals surface area contributed by atoms with E-state index in [1.165, 1.54) is 11.1 Å². The molecular formula is C16H23N3O2. The quantitative estimate of drug-likeness (QED) is 0.839. The number of carbonyl (C=O) groups excluding carboxylic acids is 1. The van der Waals surface area contributed by atoms with Crippen LogP contribution in [0.25, 0.3) is 0 Å². The maximum absolute atomic E-state index is 12.3. The second kappa shape index (κ2) is 6.54. The molecule has 1 saturated heterocycles. The third kappa shape index (κ3) is 3.60. The van der Waals surface area contributed by atoms with Crippen LogP contribution in [0, 0.1) is 6.92 Å². The van der Waals surface area contributed by atoms with Crippen molar-refractivity contribution in [2.24, 2.45) is 0 Å². The molecule has 5 heteroatoms. The first kappa shape index (κ1) is 14.5. The number of morpholine rings is 1. The molecule has 3 rings (SSSR count). The van der Waals surface area contributed by atoms with Gasteiger partial charge in [0.2, 0.25) is 5.91 Å². The Hall–Kier alpha value is -1.46. The Kier molecular flexibility index (Phi) is 4.51. The van der Waals surface area contributed by atoms with E-state index in [0.717, 1.165) is 58.1 Å². The monoisotopic (exact) mass is 289 g/mol. The molecular weight excluding hydrogens is 266 g/mol. The molecule has 2 aliphatic rings. The van der Waals surface area contributed by atoms with Gasteiger partial charge in [0.1, 0.15) is 0 Å². The molecule has 0 aliphatic carbocycles. The van der Waals surface area contributed by atoms with E-state index in [1.54, 1.807) is 0 Å². The molecule has 0 spiro atoms. The first-order chi connectivity index (χ1) is 10.2. The SMILES string of the molecule is Cc1cc2c(cn1)CN(C(=O)CCCN1CCOCC1)C2. The Labute approximate surface area is 125 Å². The van der Waals surface area contributed by atoms with Crippen LogP contribution in [0.5, 0.6) is 0 Å². The fourth-order valence-electron chi connectivity index (χ4n) is 3.01. The lowest BCUT2D eigenvalue weighted by Gasteiger charge is -2.26. The van der Waals surface area contributed by atoms with Gasteiger partial charge in [0.15, 0.2) is 0 Å². The number of carbonyl (C=O) groups is 1. The van der Waals surface area contributed by atoms with Crippen molar-refractivity contribution in [3.05, 3.63) is 29.1 Å². The first-order valence-corrected chi connectivity index (χ1v) is 7.74. The van der Waals surface area contributed by atoms with Gasteiger partial charge >= 0.3 is 0 Å². The van der Waals surface area contributed by atoms with Crippen molar-refractivity contribution in [1.82, 2.24) is 14.8 Å². The van der Waals surface area contributed by atoms with Crippen molar-refractivity contribution >= 4 is 5.91 Å². The summed E-state index contributed by atoms with van der Waals surface area (Å²) >= 11 is 0. The highest BCUT2D eigenvalue weighted by molar-refractivity contribution is 5.76. The summed E-state index contributed by atoms with van der Waals surface area (Å²) in [7, 11) is 0. The van der Waals surface area contributed by atoms with E-state index in [1.807, 2.05) is 18.0 Å². The van der Waals surface area contributed by atoms with Gasteiger partial charge in [-0.3, -0.25) is 14.7 Å². The van der Waals surface area contributed by atoms with Crippen LogP contribution >= 0.6 is 0 Å². The summed E-state index contributed by atoms with van der Waals surface area (Å²) in [6, 6.07) is 2.09. The zero-order valence-electron chi connectivity index (χ0n) is 12.7. The molecule has 2 aliphatic heterocycles. The van der Waals surface area contributed by atoms with Crippen LogP contribution in [0.3, 0.4) is 0 Å². The van der Waals surface area contributed by atoms with Gasteiger partial charge in [-0.25, -0.2) is 0 Å². The summed E-state index contributed by atoms with van der Waals surface area (Å²) in [6.07, 6.45) is 3.48. The van der Waals surface area contributed by atoms with Gasteiger partial charge < -0.3 is 9.64 Å². The molecule has 0 N–H and O–H groups in total. The molecule has 114 valence electrons. The minimum Gasteiger partial charge on any atom is -0.379 e. The van der Waals surface area contributed by atoms with E-state index in [0.29, 0.717) is 6.42 Å². The molecule has 1 fully saturated rings. The number of fused-ring (bicyclic) bond motifs is 1. The number of amides is 1. The predicted molar refractivity (Wildman–Crippen MR) is 79.7 cm³/mol. The number of pyridine rings is 1. The molecule has 0 radical (unpaired) electrons. The van der Waals surface area contributed by atoms with Crippen LogP contribution in [0.4, 0.5) is 0 Å². The lowest BCUT2D eigenvalue weighted by molar-refractivity contribution is -0.132. The average molecular weight is 289 g/mol. The summed E-state index contributed by atoms with van der Waals surface area (Å²) in [6.45, 7) is 8.09. The number of hydrogen-bond donors (Lipinski definition) is 0. The summed E-state index contributed by atoms with van der Waals surface area (Å²) < 4.78 is 5.33. The van der Waals surface area contributed by atoms with Crippen molar-refractivity contribution in [1.29, 1.82) is 0 Å². The van der Waals surface area contributed by atoms with Crippen molar-refractivity contribution in [3.8, 4) is 0 Å². The van der Waals surface area contributed by atoms with Gasteiger partial charge in [0, 0.05) is 44.5 Å². The normalized spacial score (nSPS) is 18.8. The number of rotatable bonds is 4. The van der Waals surface area contributed by atoms with E-state index in [4.69, 9.17) is 4.74 Å². The topological polar surface area (TPSA) is 45.7 Å². The summed E-state index contributed by atoms with van der Waals surface area (Å²) in [5, 5.41) is 0. The largest absolute Gasteiger partial charge is 0.379 e. The third-order valence-corrected chi connectivity index (χ3v) is 4.26.